The summed E-state index contributed by atoms with van der Waals surface area (Å²) in [6.07, 6.45) is 3.80. The predicted molar refractivity (Wildman–Crippen MR) is 80.2 cm³/mol. The van der Waals surface area contributed by atoms with Gasteiger partial charge in [-0.3, -0.25) is 9.69 Å². The van der Waals surface area contributed by atoms with Crippen LogP contribution in [-0.4, -0.2) is 42.3 Å². The molecule has 18 heavy (non-hydrogen) atoms. The van der Waals surface area contributed by atoms with Gasteiger partial charge in [0.2, 0.25) is 0 Å². The van der Waals surface area contributed by atoms with Crippen LogP contribution in [0, 0.1) is 0 Å². The predicted octanol–water partition coefficient (Wildman–Crippen LogP) is 2.87. The number of hydrogen-bond donors (Lipinski definition) is 0. The molecule has 0 heterocycles. The Morgan fingerprint density at radius 2 is 2.00 bits per heavy atom. The van der Waals surface area contributed by atoms with Crippen LogP contribution >= 0.6 is 11.8 Å². The summed E-state index contributed by atoms with van der Waals surface area (Å²) >= 11 is 1.86. The maximum Gasteiger partial charge on any atom is 0.151 e. The van der Waals surface area contributed by atoms with Gasteiger partial charge < -0.3 is 0 Å². The van der Waals surface area contributed by atoms with Gasteiger partial charge in [0.1, 0.15) is 0 Å². The van der Waals surface area contributed by atoms with E-state index in [0.717, 1.165) is 17.7 Å². The molecule has 100 valence electrons. The summed E-state index contributed by atoms with van der Waals surface area (Å²) in [5.41, 5.74) is 1.10. The third-order valence-electron chi connectivity index (χ3n) is 3.16. The monoisotopic (exact) mass is 265 g/mol. The van der Waals surface area contributed by atoms with Crippen molar-refractivity contribution in [2.75, 3.05) is 25.6 Å². The fourth-order valence-electron chi connectivity index (χ4n) is 1.82. The third kappa shape index (κ3) is 5.69. The second kappa shape index (κ2) is 8.33. The quantitative estimate of drug-likeness (QED) is 0.721. The molecule has 0 amide bonds. The Morgan fingerprint density at radius 3 is 2.61 bits per heavy atom. The number of carbonyl (C=O) groups excluding carboxylic acids is 1. The molecule has 0 fully saturated rings. The van der Waals surface area contributed by atoms with Crippen molar-refractivity contribution in [3.63, 3.8) is 0 Å². The summed E-state index contributed by atoms with van der Waals surface area (Å²) in [6, 6.07) is 10.4. The average molecular weight is 265 g/mol. The molecule has 0 aromatic heterocycles. The number of carbonyl (C=O) groups is 1. The molecule has 0 saturated carbocycles. The van der Waals surface area contributed by atoms with Crippen LogP contribution in [0.2, 0.25) is 0 Å². The number of nitrogens with zero attached hydrogens (tertiary/aromatic N) is 1. The molecule has 1 rings (SSSR count). The van der Waals surface area contributed by atoms with E-state index in [0.29, 0.717) is 24.8 Å². The number of ketones is 1. The van der Waals surface area contributed by atoms with Gasteiger partial charge in [0.15, 0.2) is 5.78 Å². The summed E-state index contributed by atoms with van der Waals surface area (Å²) in [6.45, 7) is 2.73. The number of thioether (sulfide) groups is 1. The van der Waals surface area contributed by atoms with Crippen LogP contribution in [0.3, 0.4) is 0 Å². The summed E-state index contributed by atoms with van der Waals surface area (Å²) in [5, 5.41) is 0. The standard InChI is InChI=1S/C15H23NOS/c1-13(9-10-18-3)16(2)12-15(17)11-14-7-5-4-6-8-14/h4-8,13H,9-12H2,1-3H3. The number of rotatable bonds is 8. The largest absolute Gasteiger partial charge is 0.298 e. The van der Waals surface area contributed by atoms with Gasteiger partial charge in [-0.2, -0.15) is 11.8 Å². The average Bonchev–Trinajstić information content (AvgIpc) is 2.36. The Kier molecular flexibility index (Phi) is 7.06. The molecule has 2 nitrogen and oxygen atoms in total. The van der Waals surface area contributed by atoms with Crippen molar-refractivity contribution in [1.29, 1.82) is 0 Å². The lowest BCUT2D eigenvalue weighted by Crippen LogP contribution is -2.34. The van der Waals surface area contributed by atoms with Gasteiger partial charge in [0, 0.05) is 12.5 Å². The van der Waals surface area contributed by atoms with E-state index in [9.17, 15) is 4.79 Å². The number of hydrogen-bond acceptors (Lipinski definition) is 3. The number of Topliss-reactive ketones (excluding diaryl/α,β-unsaturated/α-hetero) is 1. The van der Waals surface area contributed by atoms with Crippen LogP contribution in [0.25, 0.3) is 0 Å². The van der Waals surface area contributed by atoms with E-state index < -0.39 is 0 Å². The molecule has 0 aliphatic heterocycles. The minimum atomic E-state index is 0.291. The van der Waals surface area contributed by atoms with Crippen molar-refractivity contribution in [1.82, 2.24) is 4.90 Å². The SMILES string of the molecule is CSCCC(C)N(C)CC(=O)Cc1ccccc1. The van der Waals surface area contributed by atoms with Gasteiger partial charge in [-0.05, 0) is 38.0 Å². The highest BCUT2D eigenvalue weighted by atomic mass is 32.2. The minimum absolute atomic E-state index is 0.291. The first-order chi connectivity index (χ1) is 8.63. The van der Waals surface area contributed by atoms with Crippen LogP contribution in [0.15, 0.2) is 30.3 Å². The molecule has 1 unspecified atom stereocenters. The van der Waals surface area contributed by atoms with Crippen molar-refractivity contribution < 1.29 is 4.79 Å². The zero-order chi connectivity index (χ0) is 13.4. The van der Waals surface area contributed by atoms with Gasteiger partial charge in [0.25, 0.3) is 0 Å². The summed E-state index contributed by atoms with van der Waals surface area (Å²) in [4.78, 5) is 14.1. The lowest BCUT2D eigenvalue weighted by Gasteiger charge is -2.23. The first-order valence-electron chi connectivity index (χ1n) is 6.38. The van der Waals surface area contributed by atoms with E-state index in [4.69, 9.17) is 0 Å². The van der Waals surface area contributed by atoms with E-state index >= 15 is 0 Å². The summed E-state index contributed by atoms with van der Waals surface area (Å²) in [7, 11) is 2.04. The first kappa shape index (κ1) is 15.3. The van der Waals surface area contributed by atoms with Gasteiger partial charge in [-0.25, -0.2) is 0 Å². The molecule has 0 aliphatic carbocycles. The second-order valence-corrected chi connectivity index (χ2v) is 5.73. The normalized spacial score (nSPS) is 12.7. The summed E-state index contributed by atoms with van der Waals surface area (Å²) < 4.78 is 0. The number of benzene rings is 1. The lowest BCUT2D eigenvalue weighted by molar-refractivity contribution is -0.119. The smallest absolute Gasteiger partial charge is 0.151 e. The minimum Gasteiger partial charge on any atom is -0.298 e. The molecule has 3 heteroatoms. The molecule has 0 aliphatic rings. The van der Waals surface area contributed by atoms with Crippen molar-refractivity contribution in [3.05, 3.63) is 35.9 Å². The maximum absolute atomic E-state index is 12.0. The van der Waals surface area contributed by atoms with E-state index in [1.807, 2.05) is 49.1 Å². The maximum atomic E-state index is 12.0. The van der Waals surface area contributed by atoms with Crippen molar-refractivity contribution in [3.8, 4) is 0 Å². The van der Waals surface area contributed by atoms with E-state index in [2.05, 4.69) is 18.1 Å². The Labute approximate surface area is 115 Å². The fraction of sp³-hybridized carbons (Fsp3) is 0.533. The van der Waals surface area contributed by atoms with Crippen LogP contribution in [0.5, 0.6) is 0 Å². The molecule has 0 saturated heterocycles. The lowest BCUT2D eigenvalue weighted by atomic mass is 10.1. The van der Waals surface area contributed by atoms with Crippen molar-refractivity contribution in [2.45, 2.75) is 25.8 Å². The third-order valence-corrected chi connectivity index (χ3v) is 3.81. The Bertz CT molecular complexity index is 353. The molecule has 1 aromatic rings. The zero-order valence-electron chi connectivity index (χ0n) is 11.6. The van der Waals surface area contributed by atoms with Crippen LogP contribution < -0.4 is 0 Å². The highest BCUT2D eigenvalue weighted by Gasteiger charge is 2.12. The first-order valence-corrected chi connectivity index (χ1v) is 7.77. The van der Waals surface area contributed by atoms with E-state index in [1.165, 1.54) is 0 Å². The van der Waals surface area contributed by atoms with Crippen molar-refractivity contribution in [2.24, 2.45) is 0 Å². The van der Waals surface area contributed by atoms with Crippen molar-refractivity contribution >= 4 is 17.5 Å². The molecule has 0 radical (unpaired) electrons. The van der Waals surface area contributed by atoms with Gasteiger partial charge in [-0.1, -0.05) is 30.3 Å². The highest BCUT2D eigenvalue weighted by Crippen LogP contribution is 2.07. The molecule has 0 spiro atoms. The Morgan fingerprint density at radius 1 is 1.33 bits per heavy atom. The van der Waals surface area contributed by atoms with Gasteiger partial charge >= 0.3 is 0 Å². The van der Waals surface area contributed by atoms with Gasteiger partial charge in [-0.15, -0.1) is 0 Å². The van der Waals surface area contributed by atoms with E-state index in [1.54, 1.807) is 0 Å². The molecular weight excluding hydrogens is 242 g/mol. The zero-order valence-corrected chi connectivity index (χ0v) is 12.4. The van der Waals surface area contributed by atoms with Crippen LogP contribution in [0.4, 0.5) is 0 Å². The second-order valence-electron chi connectivity index (χ2n) is 4.75. The Hall–Kier alpha value is -0.800. The topological polar surface area (TPSA) is 20.3 Å². The van der Waals surface area contributed by atoms with Crippen LogP contribution in [0.1, 0.15) is 18.9 Å². The van der Waals surface area contributed by atoms with E-state index in [-0.39, 0.29) is 0 Å². The molecule has 0 N–H and O–H groups in total. The Balaban J connectivity index is 2.35. The molecular formula is C15H23NOS. The van der Waals surface area contributed by atoms with Crippen LogP contribution in [-0.2, 0) is 11.2 Å². The fourth-order valence-corrected chi connectivity index (χ4v) is 2.40. The van der Waals surface area contributed by atoms with Gasteiger partial charge in [0.05, 0.1) is 6.54 Å². The number of likely N-dealkylation sites (N-methyl/N-ethyl adjacent to an activating group) is 1. The molecule has 0 bridgehead atoms. The molecule has 1 atom stereocenters. The molecule has 1 aromatic carbocycles. The summed E-state index contributed by atoms with van der Waals surface area (Å²) in [5.74, 6) is 1.44. The highest BCUT2D eigenvalue weighted by molar-refractivity contribution is 7.98.